The molecular weight excluding hydrogens is 374 g/mol. The molecule has 1 aliphatic rings. The number of hydrogen-bond donors (Lipinski definition) is 1. The zero-order chi connectivity index (χ0) is 20.9. The van der Waals surface area contributed by atoms with Gasteiger partial charge in [-0.3, -0.25) is 9.59 Å². The van der Waals surface area contributed by atoms with Crippen molar-refractivity contribution < 1.29 is 23.4 Å². The van der Waals surface area contributed by atoms with Crippen LogP contribution >= 0.6 is 0 Å². The van der Waals surface area contributed by atoms with Crippen molar-refractivity contribution in [3.05, 3.63) is 62.5 Å². The first-order chi connectivity index (χ1) is 13.9. The van der Waals surface area contributed by atoms with Crippen LogP contribution in [-0.4, -0.2) is 27.2 Å². The van der Waals surface area contributed by atoms with Gasteiger partial charge in [-0.05, 0) is 48.7 Å². The summed E-state index contributed by atoms with van der Waals surface area (Å²) in [5, 5.41) is 3.32. The van der Waals surface area contributed by atoms with Crippen molar-refractivity contribution in [1.29, 1.82) is 0 Å². The number of fused-ring (bicyclic) bond motifs is 2. The highest BCUT2D eigenvalue weighted by atomic mass is 16.5. The molecule has 150 valence electrons. The highest BCUT2D eigenvalue weighted by molar-refractivity contribution is 5.99. The lowest BCUT2D eigenvalue weighted by atomic mass is 9.97. The van der Waals surface area contributed by atoms with Crippen LogP contribution in [0.3, 0.4) is 0 Å². The predicted molar refractivity (Wildman–Crippen MR) is 107 cm³/mol. The number of rotatable bonds is 4. The van der Waals surface area contributed by atoms with E-state index >= 15 is 0 Å². The molecule has 0 radical (unpaired) electrons. The van der Waals surface area contributed by atoms with Crippen molar-refractivity contribution in [2.75, 3.05) is 21.3 Å². The van der Waals surface area contributed by atoms with E-state index in [4.69, 9.17) is 18.6 Å². The number of carbonyl (C=O) groups excluding carboxylic acids is 1. The normalized spacial score (nSPS) is 15.2. The van der Waals surface area contributed by atoms with Crippen LogP contribution in [0.4, 0.5) is 0 Å². The van der Waals surface area contributed by atoms with Crippen LogP contribution in [0, 0.1) is 13.8 Å². The molecule has 1 aliphatic heterocycles. The molecule has 7 nitrogen and oxygen atoms in total. The number of hydrogen-bond acceptors (Lipinski definition) is 6. The molecule has 0 aliphatic carbocycles. The van der Waals surface area contributed by atoms with Crippen molar-refractivity contribution in [2.45, 2.75) is 19.9 Å². The molecule has 0 saturated heterocycles. The lowest BCUT2D eigenvalue weighted by Gasteiger charge is -2.17. The fraction of sp³-hybridized carbons (Fsp3) is 0.273. The monoisotopic (exact) mass is 395 g/mol. The smallest absolute Gasteiger partial charge is 0.288 e. The zero-order valence-electron chi connectivity index (χ0n) is 16.8. The van der Waals surface area contributed by atoms with E-state index in [0.717, 1.165) is 11.1 Å². The second kappa shape index (κ2) is 6.84. The third kappa shape index (κ3) is 2.81. The van der Waals surface area contributed by atoms with Crippen LogP contribution in [-0.2, 0) is 0 Å². The van der Waals surface area contributed by atoms with Crippen molar-refractivity contribution in [2.24, 2.45) is 0 Å². The largest absolute Gasteiger partial charge is 0.493 e. The Kier molecular flexibility index (Phi) is 4.45. The molecule has 2 aromatic carbocycles. The first kappa shape index (κ1) is 18.9. The van der Waals surface area contributed by atoms with Crippen LogP contribution in [0.15, 0.2) is 33.5 Å². The summed E-state index contributed by atoms with van der Waals surface area (Å²) in [6.45, 7) is 3.77. The number of benzene rings is 2. The fourth-order valence-electron chi connectivity index (χ4n) is 3.92. The summed E-state index contributed by atoms with van der Waals surface area (Å²) in [4.78, 5) is 26.0. The molecular formula is C22H21NO6. The number of carbonyl (C=O) groups is 1. The van der Waals surface area contributed by atoms with Gasteiger partial charge in [0.15, 0.2) is 16.9 Å². The molecule has 29 heavy (non-hydrogen) atoms. The van der Waals surface area contributed by atoms with E-state index in [0.29, 0.717) is 33.8 Å². The van der Waals surface area contributed by atoms with E-state index in [1.165, 1.54) is 21.3 Å². The van der Waals surface area contributed by atoms with Gasteiger partial charge < -0.3 is 23.9 Å². The van der Waals surface area contributed by atoms with E-state index in [2.05, 4.69) is 5.32 Å². The van der Waals surface area contributed by atoms with Crippen LogP contribution in [0.2, 0.25) is 0 Å². The zero-order valence-corrected chi connectivity index (χ0v) is 16.8. The summed E-state index contributed by atoms with van der Waals surface area (Å²) in [6.07, 6.45) is 0. The van der Waals surface area contributed by atoms with Crippen molar-refractivity contribution in [1.82, 2.24) is 5.32 Å². The van der Waals surface area contributed by atoms with Crippen molar-refractivity contribution >= 4 is 16.9 Å². The van der Waals surface area contributed by atoms with Gasteiger partial charge in [0, 0.05) is 0 Å². The summed E-state index contributed by atoms with van der Waals surface area (Å²) in [6, 6.07) is 6.43. The number of amides is 1. The van der Waals surface area contributed by atoms with Crippen molar-refractivity contribution in [3.63, 3.8) is 0 Å². The maximum absolute atomic E-state index is 13.4. The molecule has 0 unspecified atom stereocenters. The molecule has 1 aromatic heterocycles. The topological polar surface area (TPSA) is 87.0 Å². The average Bonchev–Trinajstić information content (AvgIpc) is 3.03. The predicted octanol–water partition coefficient (Wildman–Crippen LogP) is 3.27. The van der Waals surface area contributed by atoms with Gasteiger partial charge in [-0.1, -0.05) is 6.07 Å². The maximum Gasteiger partial charge on any atom is 0.288 e. The first-order valence-corrected chi connectivity index (χ1v) is 9.08. The van der Waals surface area contributed by atoms with Gasteiger partial charge in [0.2, 0.25) is 11.5 Å². The highest BCUT2D eigenvalue weighted by Crippen LogP contribution is 2.42. The second-order valence-corrected chi connectivity index (χ2v) is 6.99. The molecule has 0 spiro atoms. The molecule has 4 rings (SSSR count). The Morgan fingerprint density at radius 2 is 1.59 bits per heavy atom. The second-order valence-electron chi connectivity index (χ2n) is 6.99. The number of aryl methyl sites for hydroxylation is 2. The van der Waals surface area contributed by atoms with Gasteiger partial charge in [-0.2, -0.15) is 0 Å². The standard InChI is InChI=1S/C22H21NO6/c1-10-6-11(2)16-13(7-10)29-21-17(19(16)24)18(23-22(21)25)12-8-14(26-3)20(28-5)15(9-12)27-4/h6-9,18H,1-5H3,(H,23,25)/t18-/m0/s1. The highest BCUT2D eigenvalue weighted by Gasteiger charge is 2.37. The van der Waals surface area contributed by atoms with Gasteiger partial charge >= 0.3 is 0 Å². The maximum atomic E-state index is 13.4. The Labute approximate surface area is 167 Å². The summed E-state index contributed by atoms with van der Waals surface area (Å²) < 4.78 is 22.0. The van der Waals surface area contributed by atoms with Crippen LogP contribution < -0.4 is 25.0 Å². The molecule has 1 N–H and O–H groups in total. The minimum Gasteiger partial charge on any atom is -0.493 e. The van der Waals surface area contributed by atoms with Gasteiger partial charge in [-0.15, -0.1) is 0 Å². The van der Waals surface area contributed by atoms with E-state index in [1.807, 2.05) is 19.9 Å². The molecule has 1 atom stereocenters. The Balaban J connectivity index is 1.98. The average molecular weight is 395 g/mol. The Hall–Kier alpha value is -3.48. The van der Waals surface area contributed by atoms with E-state index in [-0.39, 0.29) is 16.8 Å². The lowest BCUT2D eigenvalue weighted by Crippen LogP contribution is -2.22. The third-order valence-corrected chi connectivity index (χ3v) is 5.16. The summed E-state index contributed by atoms with van der Waals surface area (Å²) in [5.41, 5.74) is 2.85. The summed E-state index contributed by atoms with van der Waals surface area (Å²) in [5.74, 6) is 0.895. The first-order valence-electron chi connectivity index (χ1n) is 9.08. The number of ether oxygens (including phenoxy) is 3. The van der Waals surface area contributed by atoms with Crippen molar-refractivity contribution in [3.8, 4) is 17.2 Å². The Morgan fingerprint density at radius 3 is 2.17 bits per heavy atom. The number of methoxy groups -OCH3 is 3. The van der Waals surface area contributed by atoms with Gasteiger partial charge in [-0.25, -0.2) is 0 Å². The van der Waals surface area contributed by atoms with Gasteiger partial charge in [0.1, 0.15) is 5.58 Å². The van der Waals surface area contributed by atoms with E-state index < -0.39 is 11.9 Å². The molecule has 0 fully saturated rings. The van der Waals surface area contributed by atoms with Gasteiger partial charge in [0.25, 0.3) is 5.91 Å². The summed E-state index contributed by atoms with van der Waals surface area (Å²) >= 11 is 0. The third-order valence-electron chi connectivity index (χ3n) is 5.16. The lowest BCUT2D eigenvalue weighted by molar-refractivity contribution is 0.0937. The minimum absolute atomic E-state index is 0.0336. The van der Waals surface area contributed by atoms with Crippen LogP contribution in [0.5, 0.6) is 17.2 Å². The summed E-state index contributed by atoms with van der Waals surface area (Å²) in [7, 11) is 4.53. The van der Waals surface area contributed by atoms with E-state index in [1.54, 1.807) is 18.2 Å². The van der Waals surface area contributed by atoms with Crippen LogP contribution in [0.25, 0.3) is 11.0 Å². The Morgan fingerprint density at radius 1 is 0.931 bits per heavy atom. The Bertz CT molecular complexity index is 1190. The molecule has 2 heterocycles. The molecule has 7 heteroatoms. The van der Waals surface area contributed by atoms with Crippen LogP contribution in [0.1, 0.15) is 38.9 Å². The SMILES string of the molecule is COc1cc([C@@H]2NC(=O)c3oc4cc(C)cc(C)c4c(=O)c32)cc(OC)c1OC. The van der Waals surface area contributed by atoms with Gasteiger partial charge in [0.05, 0.1) is 38.3 Å². The quantitative estimate of drug-likeness (QED) is 0.730. The molecule has 0 bridgehead atoms. The van der Waals surface area contributed by atoms with E-state index in [9.17, 15) is 9.59 Å². The molecule has 3 aromatic rings. The minimum atomic E-state index is -0.687. The fourth-order valence-corrected chi connectivity index (χ4v) is 3.92. The number of nitrogens with one attached hydrogen (secondary N) is 1. The molecule has 1 amide bonds. The molecule has 0 saturated carbocycles.